The van der Waals surface area contributed by atoms with Gasteiger partial charge in [0.05, 0.1) is 12.2 Å². The van der Waals surface area contributed by atoms with Gasteiger partial charge in [-0.25, -0.2) is 9.18 Å². The summed E-state index contributed by atoms with van der Waals surface area (Å²) < 4.78 is 58.2. The van der Waals surface area contributed by atoms with E-state index in [0.29, 0.717) is 0 Å². The van der Waals surface area contributed by atoms with E-state index in [9.17, 15) is 27.2 Å². The van der Waals surface area contributed by atoms with Crippen molar-refractivity contribution in [2.75, 3.05) is 6.61 Å². The van der Waals surface area contributed by atoms with Crippen molar-refractivity contribution in [3.8, 4) is 0 Å². The highest BCUT2D eigenvalue weighted by atomic mass is 19.4. The second-order valence-electron chi connectivity index (χ2n) is 4.83. The number of esters is 1. The van der Waals surface area contributed by atoms with E-state index in [1.165, 1.54) is 25.1 Å². The molecule has 1 atom stereocenters. The Hall–Kier alpha value is -2.38. The first-order chi connectivity index (χ1) is 10.8. The molecule has 23 heavy (non-hydrogen) atoms. The van der Waals surface area contributed by atoms with Crippen LogP contribution in [-0.2, 0) is 14.3 Å². The van der Waals surface area contributed by atoms with Crippen LogP contribution < -0.4 is 5.32 Å². The zero-order chi connectivity index (χ0) is 17.2. The first-order valence-corrected chi connectivity index (χ1v) is 6.78. The Bertz CT molecular complexity index is 667. The number of alkyl halides is 3. The van der Waals surface area contributed by atoms with Crippen molar-refractivity contribution < 1.29 is 31.9 Å². The van der Waals surface area contributed by atoms with E-state index in [1.54, 1.807) is 5.32 Å². The standard InChI is InChI=1S/C15H13F4NO3/c1-2-23-14(22)12-9(8-5-3-4-6-10(8)16)7-11(21)20-13(12)15(17,18)19/h3-6,9H,2,7H2,1H3,(H,20,21)/t9-/m0/s1. The van der Waals surface area contributed by atoms with Crippen molar-refractivity contribution in [3.05, 3.63) is 46.9 Å². The van der Waals surface area contributed by atoms with Crippen LogP contribution in [0.4, 0.5) is 17.6 Å². The van der Waals surface area contributed by atoms with Gasteiger partial charge in [-0.2, -0.15) is 13.2 Å². The maximum atomic E-state index is 14.0. The number of carbonyl (C=O) groups excluding carboxylic acids is 2. The number of nitrogens with one attached hydrogen (secondary N) is 1. The van der Waals surface area contributed by atoms with Crippen LogP contribution in [-0.4, -0.2) is 24.7 Å². The molecule has 1 N–H and O–H groups in total. The third-order valence-corrected chi connectivity index (χ3v) is 3.33. The number of ether oxygens (including phenoxy) is 1. The van der Waals surface area contributed by atoms with E-state index in [0.717, 1.165) is 6.07 Å². The van der Waals surface area contributed by atoms with Gasteiger partial charge in [-0.05, 0) is 18.6 Å². The molecule has 0 saturated carbocycles. The molecular weight excluding hydrogens is 318 g/mol. The van der Waals surface area contributed by atoms with E-state index in [-0.39, 0.29) is 12.2 Å². The fraction of sp³-hybridized carbons (Fsp3) is 0.333. The Kier molecular flexibility index (Phi) is 4.72. The maximum absolute atomic E-state index is 14.0. The first kappa shape index (κ1) is 17.0. The summed E-state index contributed by atoms with van der Waals surface area (Å²) >= 11 is 0. The summed E-state index contributed by atoms with van der Waals surface area (Å²) in [4.78, 5) is 23.6. The van der Waals surface area contributed by atoms with Crippen molar-refractivity contribution in [2.24, 2.45) is 0 Å². The lowest BCUT2D eigenvalue weighted by molar-refractivity contribution is -0.142. The second-order valence-corrected chi connectivity index (χ2v) is 4.83. The molecule has 1 aliphatic rings. The summed E-state index contributed by atoms with van der Waals surface area (Å²) in [6, 6.07) is 5.07. The molecule has 1 aromatic rings. The van der Waals surface area contributed by atoms with E-state index < -0.39 is 47.5 Å². The van der Waals surface area contributed by atoms with Crippen LogP contribution in [0.15, 0.2) is 35.5 Å². The molecule has 2 rings (SSSR count). The molecule has 1 aliphatic heterocycles. The number of hydrogen-bond acceptors (Lipinski definition) is 3. The van der Waals surface area contributed by atoms with E-state index in [1.807, 2.05) is 0 Å². The van der Waals surface area contributed by atoms with Gasteiger partial charge in [0.15, 0.2) is 0 Å². The molecule has 0 spiro atoms. The van der Waals surface area contributed by atoms with Crippen LogP contribution in [0.5, 0.6) is 0 Å². The lowest BCUT2D eigenvalue weighted by atomic mass is 9.84. The van der Waals surface area contributed by atoms with Gasteiger partial charge in [-0.3, -0.25) is 4.79 Å². The van der Waals surface area contributed by atoms with Crippen molar-refractivity contribution in [2.45, 2.75) is 25.4 Å². The number of allylic oxidation sites excluding steroid dienone is 1. The quantitative estimate of drug-likeness (QED) is 0.684. The SMILES string of the molecule is CCOC(=O)C1=C(C(F)(F)F)NC(=O)C[C@H]1c1ccccc1F. The highest BCUT2D eigenvalue weighted by Gasteiger charge is 2.46. The highest BCUT2D eigenvalue weighted by molar-refractivity contribution is 5.96. The van der Waals surface area contributed by atoms with Crippen molar-refractivity contribution in [1.82, 2.24) is 5.32 Å². The fourth-order valence-electron chi connectivity index (χ4n) is 2.42. The number of halogens is 4. The number of carbonyl (C=O) groups is 2. The molecule has 0 fully saturated rings. The molecule has 0 aromatic heterocycles. The smallest absolute Gasteiger partial charge is 0.431 e. The zero-order valence-corrected chi connectivity index (χ0v) is 12.0. The van der Waals surface area contributed by atoms with Gasteiger partial charge in [0.1, 0.15) is 11.5 Å². The predicted octanol–water partition coefficient (Wildman–Crippen LogP) is 2.81. The minimum atomic E-state index is -4.97. The third-order valence-electron chi connectivity index (χ3n) is 3.33. The Morgan fingerprint density at radius 2 is 2.00 bits per heavy atom. The summed E-state index contributed by atoms with van der Waals surface area (Å²) in [7, 11) is 0. The van der Waals surface area contributed by atoms with Gasteiger partial charge >= 0.3 is 12.1 Å². The Morgan fingerprint density at radius 1 is 1.35 bits per heavy atom. The van der Waals surface area contributed by atoms with Gasteiger partial charge in [0, 0.05) is 12.3 Å². The minimum absolute atomic E-state index is 0.147. The molecule has 1 aromatic carbocycles. The molecule has 0 aliphatic carbocycles. The average molecular weight is 331 g/mol. The van der Waals surface area contributed by atoms with Crippen molar-refractivity contribution in [3.63, 3.8) is 0 Å². The summed E-state index contributed by atoms with van der Waals surface area (Å²) in [6.45, 7) is 1.29. The predicted molar refractivity (Wildman–Crippen MR) is 71.6 cm³/mol. The Labute approximate surface area is 129 Å². The van der Waals surface area contributed by atoms with Crippen LogP contribution in [0.25, 0.3) is 0 Å². The van der Waals surface area contributed by atoms with E-state index in [4.69, 9.17) is 0 Å². The van der Waals surface area contributed by atoms with Crippen molar-refractivity contribution >= 4 is 11.9 Å². The Morgan fingerprint density at radius 3 is 2.57 bits per heavy atom. The van der Waals surface area contributed by atoms with Crippen LogP contribution in [0.3, 0.4) is 0 Å². The van der Waals surface area contributed by atoms with Crippen LogP contribution >= 0.6 is 0 Å². The monoisotopic (exact) mass is 331 g/mol. The Balaban J connectivity index is 2.65. The van der Waals surface area contributed by atoms with E-state index in [2.05, 4.69) is 4.74 Å². The topological polar surface area (TPSA) is 55.4 Å². The number of rotatable bonds is 3. The molecule has 1 heterocycles. The largest absolute Gasteiger partial charge is 0.463 e. The third kappa shape index (κ3) is 3.52. The molecule has 4 nitrogen and oxygen atoms in total. The maximum Gasteiger partial charge on any atom is 0.431 e. The highest BCUT2D eigenvalue weighted by Crippen LogP contribution is 2.39. The van der Waals surface area contributed by atoms with Gasteiger partial charge in [0.2, 0.25) is 5.91 Å². The molecule has 0 unspecified atom stereocenters. The molecule has 0 radical (unpaired) electrons. The zero-order valence-electron chi connectivity index (χ0n) is 12.0. The van der Waals surface area contributed by atoms with Gasteiger partial charge in [0.25, 0.3) is 0 Å². The molecule has 124 valence electrons. The number of amides is 1. The van der Waals surface area contributed by atoms with Crippen LogP contribution in [0, 0.1) is 5.82 Å². The van der Waals surface area contributed by atoms with Crippen molar-refractivity contribution in [1.29, 1.82) is 0 Å². The second kappa shape index (κ2) is 6.39. The molecule has 0 bridgehead atoms. The van der Waals surface area contributed by atoms with Crippen LogP contribution in [0.1, 0.15) is 24.8 Å². The summed E-state index contributed by atoms with van der Waals surface area (Å²) in [5.41, 5.74) is -2.45. The molecule has 8 heteroatoms. The van der Waals surface area contributed by atoms with E-state index >= 15 is 0 Å². The van der Waals surface area contributed by atoms with Gasteiger partial charge in [-0.1, -0.05) is 18.2 Å². The van der Waals surface area contributed by atoms with Gasteiger partial charge in [-0.15, -0.1) is 0 Å². The molecule has 0 saturated heterocycles. The molecule has 1 amide bonds. The minimum Gasteiger partial charge on any atom is -0.463 e. The number of hydrogen-bond donors (Lipinski definition) is 1. The van der Waals surface area contributed by atoms with Crippen LogP contribution in [0.2, 0.25) is 0 Å². The summed E-state index contributed by atoms with van der Waals surface area (Å²) in [5, 5.41) is 1.66. The molecular formula is C15H13F4NO3. The average Bonchev–Trinajstić information content (AvgIpc) is 2.46. The normalized spacial score (nSPS) is 18.7. The first-order valence-electron chi connectivity index (χ1n) is 6.78. The number of benzene rings is 1. The lowest BCUT2D eigenvalue weighted by Gasteiger charge is -2.28. The fourth-order valence-corrected chi connectivity index (χ4v) is 2.42. The lowest BCUT2D eigenvalue weighted by Crippen LogP contribution is -2.41. The summed E-state index contributed by atoms with van der Waals surface area (Å²) in [5.74, 6) is -4.33. The summed E-state index contributed by atoms with van der Waals surface area (Å²) in [6.07, 6.45) is -5.45. The van der Waals surface area contributed by atoms with Gasteiger partial charge < -0.3 is 10.1 Å².